The zero-order valence-electron chi connectivity index (χ0n) is 15.6. The van der Waals surface area contributed by atoms with E-state index in [0.29, 0.717) is 5.92 Å². The van der Waals surface area contributed by atoms with Crippen molar-refractivity contribution in [2.24, 2.45) is 0 Å². The van der Waals surface area contributed by atoms with Crippen LogP contribution in [0.4, 0.5) is 5.69 Å². The van der Waals surface area contributed by atoms with Crippen molar-refractivity contribution in [3.63, 3.8) is 0 Å². The Kier molecular flexibility index (Phi) is 4.96. The van der Waals surface area contributed by atoms with Crippen LogP contribution in [0.1, 0.15) is 59.8 Å². The van der Waals surface area contributed by atoms with Crippen LogP contribution in [-0.2, 0) is 0 Å². The average Bonchev–Trinajstić information content (AvgIpc) is 3.15. The normalized spacial score (nSPS) is 21.0. The number of nitrogens with zero attached hydrogens (tertiary/aromatic N) is 3. The molecule has 1 atom stereocenters. The molecular weight excluding hydrogens is 324 g/mol. The van der Waals surface area contributed by atoms with Gasteiger partial charge in [-0.2, -0.15) is 5.10 Å². The lowest BCUT2D eigenvalue weighted by Crippen LogP contribution is -2.39. The first-order valence-electron chi connectivity index (χ1n) is 9.87. The maximum atomic E-state index is 13.0. The first-order valence-corrected chi connectivity index (χ1v) is 9.87. The SMILES string of the molecule is Cc1cc([C@@H]2CCCN(C(=O)c3ccc(N4CCCCC4)cc3)C2)n[nH]1. The van der Waals surface area contributed by atoms with Crippen molar-refractivity contribution in [2.75, 3.05) is 31.1 Å². The van der Waals surface area contributed by atoms with Crippen molar-refractivity contribution in [2.45, 2.75) is 44.9 Å². The van der Waals surface area contributed by atoms with E-state index in [1.807, 2.05) is 24.0 Å². The van der Waals surface area contributed by atoms with Crippen molar-refractivity contribution in [3.05, 3.63) is 47.3 Å². The molecule has 1 aromatic carbocycles. The number of aryl methyl sites for hydroxylation is 1. The Morgan fingerprint density at radius 3 is 2.54 bits per heavy atom. The number of anilines is 1. The minimum atomic E-state index is 0.146. The molecule has 0 spiro atoms. The first-order chi connectivity index (χ1) is 12.7. The van der Waals surface area contributed by atoms with Crippen LogP contribution in [0.5, 0.6) is 0 Å². The molecule has 5 heteroatoms. The van der Waals surface area contributed by atoms with Gasteiger partial charge in [0.25, 0.3) is 5.91 Å². The van der Waals surface area contributed by atoms with Gasteiger partial charge in [0.1, 0.15) is 0 Å². The fourth-order valence-electron chi connectivity index (χ4n) is 4.20. The Bertz CT molecular complexity index is 746. The third kappa shape index (κ3) is 3.62. The Hall–Kier alpha value is -2.30. The average molecular weight is 352 g/mol. The molecule has 2 aliphatic rings. The van der Waals surface area contributed by atoms with E-state index >= 15 is 0 Å². The maximum Gasteiger partial charge on any atom is 0.253 e. The molecular formula is C21H28N4O. The van der Waals surface area contributed by atoms with Crippen molar-refractivity contribution < 1.29 is 4.79 Å². The molecule has 3 heterocycles. The van der Waals surface area contributed by atoms with Crippen LogP contribution in [0, 0.1) is 6.92 Å². The number of piperidine rings is 2. The number of benzene rings is 1. The third-order valence-corrected chi connectivity index (χ3v) is 5.69. The summed E-state index contributed by atoms with van der Waals surface area (Å²) in [6, 6.07) is 10.3. The summed E-state index contributed by atoms with van der Waals surface area (Å²) in [5, 5.41) is 7.42. The monoisotopic (exact) mass is 352 g/mol. The van der Waals surface area contributed by atoms with Crippen molar-refractivity contribution >= 4 is 11.6 Å². The molecule has 2 aromatic rings. The second-order valence-electron chi connectivity index (χ2n) is 7.66. The quantitative estimate of drug-likeness (QED) is 0.916. The second-order valence-corrected chi connectivity index (χ2v) is 7.66. The summed E-state index contributed by atoms with van der Waals surface area (Å²) in [5.74, 6) is 0.484. The van der Waals surface area contributed by atoms with Crippen LogP contribution >= 0.6 is 0 Å². The number of likely N-dealkylation sites (tertiary alicyclic amines) is 1. The largest absolute Gasteiger partial charge is 0.372 e. The summed E-state index contributed by atoms with van der Waals surface area (Å²) >= 11 is 0. The van der Waals surface area contributed by atoms with Gasteiger partial charge in [0.2, 0.25) is 0 Å². The van der Waals surface area contributed by atoms with E-state index in [1.54, 1.807) is 0 Å². The van der Waals surface area contributed by atoms with E-state index in [1.165, 1.54) is 24.9 Å². The molecule has 2 fully saturated rings. The summed E-state index contributed by atoms with van der Waals surface area (Å²) in [7, 11) is 0. The van der Waals surface area contributed by atoms with Gasteiger partial charge in [0.15, 0.2) is 0 Å². The number of carbonyl (C=O) groups excluding carboxylic acids is 1. The van der Waals surface area contributed by atoms with Gasteiger partial charge in [0, 0.05) is 49.0 Å². The lowest BCUT2D eigenvalue weighted by molar-refractivity contribution is 0.0706. The highest BCUT2D eigenvalue weighted by Crippen LogP contribution is 2.27. The van der Waals surface area contributed by atoms with Crippen molar-refractivity contribution in [1.82, 2.24) is 15.1 Å². The number of hydrogen-bond donors (Lipinski definition) is 1. The van der Waals surface area contributed by atoms with E-state index in [2.05, 4.69) is 33.3 Å². The summed E-state index contributed by atoms with van der Waals surface area (Å²) in [6.07, 6.45) is 6.00. The summed E-state index contributed by atoms with van der Waals surface area (Å²) in [4.78, 5) is 17.4. The molecule has 2 aliphatic heterocycles. The lowest BCUT2D eigenvalue weighted by atomic mass is 9.94. The fraction of sp³-hybridized carbons (Fsp3) is 0.524. The predicted molar refractivity (Wildman–Crippen MR) is 104 cm³/mol. The van der Waals surface area contributed by atoms with Gasteiger partial charge in [0.05, 0.1) is 5.69 Å². The maximum absolute atomic E-state index is 13.0. The summed E-state index contributed by atoms with van der Waals surface area (Å²) < 4.78 is 0. The highest BCUT2D eigenvalue weighted by atomic mass is 16.2. The Labute approximate surface area is 155 Å². The van der Waals surface area contributed by atoms with Crippen molar-refractivity contribution in [3.8, 4) is 0 Å². The summed E-state index contributed by atoms with van der Waals surface area (Å²) in [6.45, 7) is 5.88. The Morgan fingerprint density at radius 1 is 1.08 bits per heavy atom. The van der Waals surface area contributed by atoms with Gasteiger partial charge in [-0.3, -0.25) is 9.89 Å². The number of H-pyrrole nitrogens is 1. The number of aromatic amines is 1. The van der Waals surface area contributed by atoms with Gasteiger partial charge in [-0.1, -0.05) is 0 Å². The number of hydrogen-bond acceptors (Lipinski definition) is 3. The van der Waals surface area contributed by atoms with Gasteiger partial charge in [-0.15, -0.1) is 0 Å². The van der Waals surface area contributed by atoms with Crippen LogP contribution < -0.4 is 4.90 Å². The zero-order valence-corrected chi connectivity index (χ0v) is 15.6. The molecule has 26 heavy (non-hydrogen) atoms. The van der Waals surface area contributed by atoms with Gasteiger partial charge < -0.3 is 9.80 Å². The zero-order chi connectivity index (χ0) is 17.9. The van der Waals surface area contributed by atoms with E-state index in [4.69, 9.17) is 0 Å². The molecule has 138 valence electrons. The molecule has 1 aromatic heterocycles. The van der Waals surface area contributed by atoms with E-state index in [0.717, 1.165) is 56.0 Å². The van der Waals surface area contributed by atoms with Crippen LogP contribution in [0.25, 0.3) is 0 Å². The fourth-order valence-corrected chi connectivity index (χ4v) is 4.20. The van der Waals surface area contributed by atoms with Crippen LogP contribution in [0.2, 0.25) is 0 Å². The number of amides is 1. The highest BCUT2D eigenvalue weighted by molar-refractivity contribution is 5.94. The molecule has 1 N–H and O–H groups in total. The predicted octanol–water partition coefficient (Wildman–Crippen LogP) is 3.73. The molecule has 0 aliphatic carbocycles. The molecule has 0 saturated carbocycles. The smallest absolute Gasteiger partial charge is 0.253 e. The van der Waals surface area contributed by atoms with E-state index in [-0.39, 0.29) is 5.91 Å². The van der Waals surface area contributed by atoms with Gasteiger partial charge >= 0.3 is 0 Å². The topological polar surface area (TPSA) is 52.2 Å². The van der Waals surface area contributed by atoms with Crippen LogP contribution in [-0.4, -0.2) is 47.2 Å². The van der Waals surface area contributed by atoms with Crippen LogP contribution in [0.3, 0.4) is 0 Å². The first kappa shape index (κ1) is 17.1. The van der Waals surface area contributed by atoms with Gasteiger partial charge in [-0.05, 0) is 69.4 Å². The standard InChI is InChI=1S/C21H28N4O/c1-16-14-20(23-22-16)18-6-5-13-25(15-18)21(26)17-7-9-19(10-8-17)24-11-3-2-4-12-24/h7-10,14,18H,2-6,11-13,15H2,1H3,(H,22,23)/t18-/m1/s1. The van der Waals surface area contributed by atoms with Gasteiger partial charge in [-0.25, -0.2) is 0 Å². The molecule has 2 saturated heterocycles. The third-order valence-electron chi connectivity index (χ3n) is 5.69. The number of aromatic nitrogens is 2. The lowest BCUT2D eigenvalue weighted by Gasteiger charge is -2.32. The molecule has 0 unspecified atom stereocenters. The Balaban J connectivity index is 1.43. The molecule has 1 amide bonds. The summed E-state index contributed by atoms with van der Waals surface area (Å²) in [5.41, 5.74) is 4.20. The van der Waals surface area contributed by atoms with E-state index in [9.17, 15) is 4.79 Å². The molecule has 4 rings (SSSR count). The number of rotatable bonds is 3. The molecule has 0 bridgehead atoms. The van der Waals surface area contributed by atoms with Crippen molar-refractivity contribution in [1.29, 1.82) is 0 Å². The number of nitrogens with one attached hydrogen (secondary N) is 1. The molecule has 0 radical (unpaired) electrons. The minimum Gasteiger partial charge on any atom is -0.372 e. The highest BCUT2D eigenvalue weighted by Gasteiger charge is 2.27. The Morgan fingerprint density at radius 2 is 1.85 bits per heavy atom. The number of carbonyl (C=O) groups is 1. The molecule has 5 nitrogen and oxygen atoms in total. The second kappa shape index (κ2) is 7.52. The minimum absolute atomic E-state index is 0.146. The van der Waals surface area contributed by atoms with Crippen LogP contribution in [0.15, 0.2) is 30.3 Å². The van der Waals surface area contributed by atoms with E-state index < -0.39 is 0 Å².